The van der Waals surface area contributed by atoms with Crippen molar-refractivity contribution < 1.29 is 9.53 Å². The van der Waals surface area contributed by atoms with Crippen LogP contribution in [0.4, 0.5) is 5.82 Å². The zero-order valence-electron chi connectivity index (χ0n) is 21.7. The summed E-state index contributed by atoms with van der Waals surface area (Å²) in [6.45, 7) is 10.4. The van der Waals surface area contributed by atoms with Crippen LogP contribution in [0.2, 0.25) is 0 Å². The van der Waals surface area contributed by atoms with Crippen LogP contribution in [-0.4, -0.2) is 82.4 Å². The molecule has 37 heavy (non-hydrogen) atoms. The van der Waals surface area contributed by atoms with E-state index in [2.05, 4.69) is 52.4 Å². The Morgan fingerprint density at radius 1 is 1.22 bits per heavy atom. The van der Waals surface area contributed by atoms with Crippen molar-refractivity contribution in [1.29, 1.82) is 0 Å². The minimum Gasteiger partial charge on any atom is -0.378 e. The van der Waals surface area contributed by atoms with Gasteiger partial charge in [-0.15, -0.1) is 0 Å². The molecule has 4 aromatic rings. The maximum absolute atomic E-state index is 13.3. The van der Waals surface area contributed by atoms with E-state index in [1.807, 2.05) is 29.8 Å². The van der Waals surface area contributed by atoms with Gasteiger partial charge in [-0.2, -0.15) is 16.4 Å². The molecule has 1 fully saturated rings. The molecule has 1 aliphatic heterocycles. The third-order valence-corrected chi connectivity index (χ3v) is 7.72. The first-order chi connectivity index (χ1) is 18.0. The largest absolute Gasteiger partial charge is 0.378 e. The number of ether oxygens (including phenoxy) is 1. The highest BCUT2D eigenvalue weighted by molar-refractivity contribution is 7.08. The van der Waals surface area contributed by atoms with E-state index in [4.69, 9.17) is 14.7 Å². The highest BCUT2D eigenvalue weighted by Gasteiger charge is 2.29. The van der Waals surface area contributed by atoms with Crippen LogP contribution in [-0.2, 0) is 4.74 Å². The van der Waals surface area contributed by atoms with Crippen molar-refractivity contribution in [3.63, 3.8) is 0 Å². The standard InChI is InChI=1S/C27H33N7O2S/c1-5-32(6-2)18(3)13-28-27(35)20-11-24(30-25(12-20)33-15-21(16-33)36-4)22-14-29-34-9-7-23(31-26(22)34)19-8-10-37-17-19/h7-12,14,17-18,21H,5-6,13,15-16H2,1-4H3,(H,28,35)/t18-/m0/s1. The van der Waals surface area contributed by atoms with Gasteiger partial charge in [-0.25, -0.2) is 14.5 Å². The molecule has 1 amide bonds. The molecule has 0 aliphatic carbocycles. The highest BCUT2D eigenvalue weighted by Crippen LogP contribution is 2.30. The first kappa shape index (κ1) is 25.3. The number of amides is 1. The molecule has 0 aromatic carbocycles. The Morgan fingerprint density at radius 2 is 2.03 bits per heavy atom. The second kappa shape index (κ2) is 11.0. The Morgan fingerprint density at radius 3 is 2.73 bits per heavy atom. The topological polar surface area (TPSA) is 87.9 Å². The number of nitrogens with zero attached hydrogens (tertiary/aromatic N) is 6. The molecule has 0 spiro atoms. The molecule has 10 heteroatoms. The molecule has 1 atom stereocenters. The average molecular weight is 520 g/mol. The van der Waals surface area contributed by atoms with Crippen LogP contribution in [0.25, 0.3) is 28.2 Å². The molecule has 0 saturated carbocycles. The smallest absolute Gasteiger partial charge is 0.251 e. The fourth-order valence-electron chi connectivity index (χ4n) is 4.66. The van der Waals surface area contributed by atoms with Gasteiger partial charge in [0.1, 0.15) is 5.82 Å². The van der Waals surface area contributed by atoms with Gasteiger partial charge in [0, 0.05) is 55.5 Å². The molecule has 1 aliphatic rings. The summed E-state index contributed by atoms with van der Waals surface area (Å²) in [5.41, 5.74) is 4.67. The van der Waals surface area contributed by atoms with E-state index in [0.29, 0.717) is 23.4 Å². The summed E-state index contributed by atoms with van der Waals surface area (Å²) in [5, 5.41) is 11.7. The number of hydrogen-bond donors (Lipinski definition) is 1. The number of carbonyl (C=O) groups is 1. The third kappa shape index (κ3) is 5.22. The number of methoxy groups -OCH3 is 1. The molecule has 0 radical (unpaired) electrons. The normalized spacial score (nSPS) is 14.8. The highest BCUT2D eigenvalue weighted by atomic mass is 32.1. The van der Waals surface area contributed by atoms with Crippen molar-refractivity contribution in [3.8, 4) is 22.5 Å². The van der Waals surface area contributed by atoms with Gasteiger partial charge in [0.2, 0.25) is 0 Å². The molecule has 0 bridgehead atoms. The van der Waals surface area contributed by atoms with Crippen molar-refractivity contribution >= 4 is 28.7 Å². The first-order valence-corrected chi connectivity index (χ1v) is 13.6. The van der Waals surface area contributed by atoms with E-state index in [-0.39, 0.29) is 18.1 Å². The molecule has 4 aromatic heterocycles. The zero-order valence-corrected chi connectivity index (χ0v) is 22.5. The molecule has 5 heterocycles. The monoisotopic (exact) mass is 519 g/mol. The minimum atomic E-state index is -0.115. The van der Waals surface area contributed by atoms with Crippen LogP contribution in [0.1, 0.15) is 31.1 Å². The van der Waals surface area contributed by atoms with Crippen LogP contribution >= 0.6 is 11.3 Å². The predicted molar refractivity (Wildman–Crippen MR) is 147 cm³/mol. The summed E-state index contributed by atoms with van der Waals surface area (Å²) in [6, 6.07) is 7.96. The van der Waals surface area contributed by atoms with Crippen LogP contribution < -0.4 is 10.2 Å². The van der Waals surface area contributed by atoms with E-state index in [9.17, 15) is 4.79 Å². The summed E-state index contributed by atoms with van der Waals surface area (Å²) < 4.78 is 7.20. The van der Waals surface area contributed by atoms with Crippen molar-refractivity contribution in [2.24, 2.45) is 0 Å². The van der Waals surface area contributed by atoms with E-state index in [1.54, 1.807) is 29.2 Å². The third-order valence-electron chi connectivity index (χ3n) is 7.04. The quantitative estimate of drug-likeness (QED) is 0.341. The van der Waals surface area contributed by atoms with Crippen LogP contribution in [0, 0.1) is 0 Å². The Balaban J connectivity index is 1.49. The van der Waals surface area contributed by atoms with Gasteiger partial charge in [0.25, 0.3) is 5.91 Å². The van der Waals surface area contributed by atoms with Gasteiger partial charge in [-0.3, -0.25) is 9.69 Å². The fraction of sp³-hybridized carbons (Fsp3) is 0.407. The number of aromatic nitrogens is 4. The molecular formula is C27H33N7O2S. The SMILES string of the molecule is CCN(CC)[C@@H](C)CNC(=O)c1cc(-c2cnn3ccc(-c4ccsc4)nc23)nc(N2CC(OC)C2)c1. The lowest BCUT2D eigenvalue weighted by atomic mass is 10.1. The molecule has 194 valence electrons. The van der Waals surface area contributed by atoms with E-state index in [0.717, 1.165) is 48.8 Å². The van der Waals surface area contributed by atoms with Gasteiger partial charge in [-0.05, 0) is 49.7 Å². The lowest BCUT2D eigenvalue weighted by Gasteiger charge is -2.39. The predicted octanol–water partition coefficient (Wildman–Crippen LogP) is 3.81. The van der Waals surface area contributed by atoms with E-state index >= 15 is 0 Å². The number of carbonyl (C=O) groups excluding carboxylic acids is 1. The van der Waals surface area contributed by atoms with E-state index in [1.165, 1.54) is 0 Å². The maximum Gasteiger partial charge on any atom is 0.251 e. The second-order valence-corrected chi connectivity index (χ2v) is 10.1. The van der Waals surface area contributed by atoms with E-state index < -0.39 is 0 Å². The number of thiophene rings is 1. The van der Waals surface area contributed by atoms with Gasteiger partial charge >= 0.3 is 0 Å². The summed E-state index contributed by atoms with van der Waals surface area (Å²) in [4.78, 5) is 27.6. The van der Waals surface area contributed by atoms with Crippen molar-refractivity contribution in [1.82, 2.24) is 29.8 Å². The van der Waals surface area contributed by atoms with Gasteiger partial charge in [-0.1, -0.05) is 13.8 Å². The number of likely N-dealkylation sites (N-methyl/N-ethyl adjacent to an activating group) is 1. The molecule has 1 N–H and O–H groups in total. The number of anilines is 1. The molecule has 1 saturated heterocycles. The summed E-state index contributed by atoms with van der Waals surface area (Å²) in [5.74, 6) is 0.636. The Labute approximate surface area is 221 Å². The Hall–Kier alpha value is -3.34. The zero-order chi connectivity index (χ0) is 25.9. The van der Waals surface area contributed by atoms with Crippen molar-refractivity contribution in [2.45, 2.75) is 32.9 Å². The van der Waals surface area contributed by atoms with Crippen LogP contribution in [0.3, 0.4) is 0 Å². The summed E-state index contributed by atoms with van der Waals surface area (Å²) in [6.07, 6.45) is 3.84. The Bertz CT molecular complexity index is 1360. The number of nitrogens with one attached hydrogen (secondary N) is 1. The molecule has 9 nitrogen and oxygen atoms in total. The number of fused-ring (bicyclic) bond motifs is 1. The minimum absolute atomic E-state index is 0.115. The second-order valence-electron chi connectivity index (χ2n) is 9.29. The van der Waals surface area contributed by atoms with Crippen LogP contribution in [0.5, 0.6) is 0 Å². The number of hydrogen-bond acceptors (Lipinski definition) is 8. The number of pyridine rings is 1. The first-order valence-electron chi connectivity index (χ1n) is 12.7. The average Bonchev–Trinajstić information content (AvgIpc) is 3.57. The Kier molecular flexibility index (Phi) is 7.50. The van der Waals surface area contributed by atoms with Crippen LogP contribution in [0.15, 0.2) is 47.4 Å². The fourth-order valence-corrected chi connectivity index (χ4v) is 5.31. The molecule has 0 unspecified atom stereocenters. The summed E-state index contributed by atoms with van der Waals surface area (Å²) in [7, 11) is 1.72. The molecular weight excluding hydrogens is 486 g/mol. The van der Waals surface area contributed by atoms with Crippen molar-refractivity contribution in [3.05, 3.63) is 53.0 Å². The number of rotatable bonds is 10. The lowest BCUT2D eigenvalue weighted by Crippen LogP contribution is -2.52. The van der Waals surface area contributed by atoms with Gasteiger partial charge < -0.3 is 15.0 Å². The van der Waals surface area contributed by atoms with Gasteiger partial charge in [0.15, 0.2) is 5.65 Å². The summed E-state index contributed by atoms with van der Waals surface area (Å²) >= 11 is 1.64. The van der Waals surface area contributed by atoms with Crippen molar-refractivity contribution in [2.75, 3.05) is 44.7 Å². The lowest BCUT2D eigenvalue weighted by molar-refractivity contribution is 0.0783. The van der Waals surface area contributed by atoms with Gasteiger partial charge in [0.05, 0.1) is 29.3 Å². The maximum atomic E-state index is 13.3. The molecule has 5 rings (SSSR count).